The second-order valence-corrected chi connectivity index (χ2v) is 17.4. The van der Waals surface area contributed by atoms with Crippen molar-refractivity contribution in [3.8, 4) is 53.0 Å². The van der Waals surface area contributed by atoms with Gasteiger partial charge in [-0.2, -0.15) is 0 Å². The number of benzene rings is 1. The van der Waals surface area contributed by atoms with Gasteiger partial charge in [0.1, 0.15) is 5.82 Å². The fourth-order valence-electron chi connectivity index (χ4n) is 6.56. The van der Waals surface area contributed by atoms with Crippen LogP contribution in [-0.2, 0) is 19.5 Å². The third-order valence-electron chi connectivity index (χ3n) is 9.69. The van der Waals surface area contributed by atoms with Crippen LogP contribution in [0.3, 0.4) is 0 Å². The Morgan fingerprint density at radius 2 is 0.852 bits per heavy atom. The molecule has 61 heavy (non-hydrogen) atoms. The Labute approximate surface area is 378 Å². The molecule has 1 radical (unpaired) electrons. The van der Waals surface area contributed by atoms with E-state index in [9.17, 15) is 0 Å². The predicted octanol–water partition coefficient (Wildman–Crippen LogP) is 13.4. The second kappa shape index (κ2) is 18.6. The molecule has 1 aromatic carbocycles. The van der Waals surface area contributed by atoms with Crippen molar-refractivity contribution in [3.63, 3.8) is 0 Å². The maximum atomic E-state index is 5.01. The molecule has 0 atom stereocenters. The molecule has 0 fully saturated rings. The van der Waals surface area contributed by atoms with E-state index >= 15 is 0 Å². The average Bonchev–Trinajstić information content (AvgIpc) is 4.13. The van der Waals surface area contributed by atoms with Crippen LogP contribution in [-0.4, -0.2) is 39.9 Å². The van der Waals surface area contributed by atoms with E-state index in [1.807, 2.05) is 137 Å². The Bertz CT molecular complexity index is 2930. The third kappa shape index (κ3) is 9.28. The Kier molecular flexibility index (Phi) is 12.7. The van der Waals surface area contributed by atoms with Crippen LogP contribution >= 0.6 is 34.0 Å². The van der Waals surface area contributed by atoms with Crippen LogP contribution in [0.5, 0.6) is 0 Å². The molecule has 0 unspecified atom stereocenters. The molecule has 0 aliphatic rings. The molecule has 0 aliphatic heterocycles. The average molecular weight is 936 g/mol. The molecule has 8 nitrogen and oxygen atoms in total. The van der Waals surface area contributed by atoms with Gasteiger partial charge in [0, 0.05) is 67.5 Å². The molecule has 0 aliphatic carbocycles. The number of aryl methyl sites for hydroxylation is 4. The molecular weight excluding hydrogens is 898 g/mol. The van der Waals surface area contributed by atoms with Gasteiger partial charge >= 0.3 is 19.5 Å². The number of nitrogens with one attached hydrogen (secondary N) is 1. The molecule has 11 rings (SSSR count). The minimum atomic E-state index is 0. The number of H-pyrrole nitrogens is 1. The van der Waals surface area contributed by atoms with Gasteiger partial charge < -0.3 is 4.98 Å². The van der Waals surface area contributed by atoms with Gasteiger partial charge in [0.25, 0.3) is 0 Å². The van der Waals surface area contributed by atoms with Crippen LogP contribution in [0.1, 0.15) is 22.3 Å². The van der Waals surface area contributed by atoms with E-state index in [4.69, 9.17) is 4.98 Å². The summed E-state index contributed by atoms with van der Waals surface area (Å²) in [6, 6.07) is 37.3. The summed E-state index contributed by atoms with van der Waals surface area (Å²) in [6.07, 6.45) is 11.1. The number of nitrogens with zero attached hydrogens (tertiary/aromatic N) is 7. The first-order chi connectivity index (χ1) is 29.4. The molecule has 0 amide bonds. The maximum absolute atomic E-state index is 5.01. The van der Waals surface area contributed by atoms with Crippen molar-refractivity contribution >= 4 is 66.8 Å². The van der Waals surface area contributed by atoms with Gasteiger partial charge in [0.2, 0.25) is 0 Å². The Morgan fingerprint density at radius 1 is 0.410 bits per heavy atom. The molecule has 0 spiro atoms. The Hall–Kier alpha value is -6.17. The van der Waals surface area contributed by atoms with Crippen LogP contribution in [0.4, 0.5) is 0 Å². The maximum Gasteiger partial charge on any atom is 3.00 e. The van der Waals surface area contributed by atoms with Crippen LogP contribution in [0.2, 0.25) is 0 Å². The molecule has 10 heterocycles. The number of aromatic amines is 1. The van der Waals surface area contributed by atoms with Crippen molar-refractivity contribution in [1.82, 2.24) is 39.9 Å². The van der Waals surface area contributed by atoms with Crippen LogP contribution in [0.15, 0.2) is 152 Å². The first kappa shape index (κ1) is 41.6. The summed E-state index contributed by atoms with van der Waals surface area (Å²) in [5, 5.41) is 4.19. The second-order valence-electron chi connectivity index (χ2n) is 14.3. The van der Waals surface area contributed by atoms with Crippen molar-refractivity contribution < 1.29 is 19.5 Å². The monoisotopic (exact) mass is 936 g/mol. The van der Waals surface area contributed by atoms with Crippen molar-refractivity contribution in [2.24, 2.45) is 0 Å². The number of thiophene rings is 3. The summed E-state index contributed by atoms with van der Waals surface area (Å²) in [5.74, 6) is 0.882. The van der Waals surface area contributed by atoms with Gasteiger partial charge in [-0.05, 0) is 134 Å². The molecule has 0 bridgehead atoms. The summed E-state index contributed by atoms with van der Waals surface area (Å²) >= 11 is 5.38. The molecule has 10 aromatic heterocycles. The zero-order chi connectivity index (χ0) is 41.0. The van der Waals surface area contributed by atoms with E-state index in [1.165, 1.54) is 41.8 Å². The van der Waals surface area contributed by atoms with Gasteiger partial charge in [0.15, 0.2) is 0 Å². The fraction of sp³-hybridized carbons (Fsp3) is 0.0816. The Balaban J connectivity index is 0.000000147. The van der Waals surface area contributed by atoms with E-state index in [2.05, 4.69) is 88.8 Å². The third-order valence-corrected chi connectivity index (χ3v) is 13.1. The summed E-state index contributed by atoms with van der Waals surface area (Å²) in [6.45, 7) is 8.11. The van der Waals surface area contributed by atoms with Crippen LogP contribution in [0.25, 0.3) is 85.8 Å². The molecule has 1 N–H and O–H groups in total. The predicted molar refractivity (Wildman–Crippen MR) is 251 cm³/mol. The zero-order valence-corrected chi connectivity index (χ0v) is 37.8. The smallest absolute Gasteiger partial charge is 0.337 e. The summed E-state index contributed by atoms with van der Waals surface area (Å²) < 4.78 is 0. The molecule has 0 saturated heterocycles. The van der Waals surface area contributed by atoms with E-state index < -0.39 is 0 Å². The summed E-state index contributed by atoms with van der Waals surface area (Å²) in [7, 11) is 0. The largest absolute Gasteiger partial charge is 3.00 e. The van der Waals surface area contributed by atoms with E-state index in [0.29, 0.717) is 0 Å². The SMILES string of the molecule is Cc1ccc(-c2ccc(C)cn2)nc1.Cc1ccc(-c2ccc(C)cn2)nc1.[Ru+3].c1csc(-c2ccc(-c3ccc(-c4nc5c6cccnc6c6ncccc6c5[nH]4)s3)s2)c1. The molecule has 297 valence electrons. The number of rotatable bonds is 5. The van der Waals surface area contributed by atoms with Crippen molar-refractivity contribution in [2.75, 3.05) is 0 Å². The van der Waals surface area contributed by atoms with Gasteiger partial charge in [0.05, 0.1) is 49.7 Å². The van der Waals surface area contributed by atoms with Crippen molar-refractivity contribution in [1.29, 1.82) is 0 Å². The van der Waals surface area contributed by atoms with E-state index in [1.54, 1.807) is 22.7 Å². The van der Waals surface area contributed by atoms with Gasteiger partial charge in [-0.25, -0.2) is 4.98 Å². The number of pyridine rings is 6. The summed E-state index contributed by atoms with van der Waals surface area (Å²) in [5.41, 5.74) is 12.1. The molecule has 12 heteroatoms. The first-order valence-corrected chi connectivity index (χ1v) is 21.8. The van der Waals surface area contributed by atoms with E-state index in [-0.39, 0.29) is 19.5 Å². The van der Waals surface area contributed by atoms with Crippen molar-refractivity contribution in [3.05, 3.63) is 174 Å². The van der Waals surface area contributed by atoms with Crippen molar-refractivity contribution in [2.45, 2.75) is 27.7 Å². The fourth-order valence-corrected chi connectivity index (χ4v) is 9.44. The Morgan fingerprint density at radius 3 is 1.31 bits per heavy atom. The number of imidazole rings is 1. The quantitative estimate of drug-likeness (QED) is 0.135. The normalized spacial score (nSPS) is 10.8. The topological polar surface area (TPSA) is 106 Å². The van der Waals surface area contributed by atoms with Crippen LogP contribution < -0.4 is 0 Å². The molecular formula is C49H38N8RuS3+3. The van der Waals surface area contributed by atoms with Gasteiger partial charge in [-0.1, -0.05) is 30.3 Å². The van der Waals surface area contributed by atoms with Gasteiger partial charge in [-0.15, -0.1) is 34.0 Å². The van der Waals surface area contributed by atoms with Gasteiger partial charge in [-0.3, -0.25) is 29.9 Å². The number of aromatic nitrogens is 8. The first-order valence-electron chi connectivity index (χ1n) is 19.3. The minimum absolute atomic E-state index is 0. The standard InChI is InChI=1S/C25H14N4S3.2C12H12N2.Ru/c1-4-14-21(26-11-1)22-15(5-2-12-27-22)24-23(14)28-25(29-24)20-10-9-19(32-20)18-8-7-17(31-18)16-6-3-13-30-16;2*1-9-3-5-11(13-7-9)12-6-4-10(2)8-14-12;/h1-13H,(H,28,29);2*3-8H,1-2H3;/q;;;+3. The van der Waals surface area contributed by atoms with Crippen LogP contribution in [0, 0.1) is 27.7 Å². The summed E-state index contributed by atoms with van der Waals surface area (Å²) in [4.78, 5) is 41.3. The zero-order valence-electron chi connectivity index (χ0n) is 33.6. The molecule has 0 saturated carbocycles. The number of hydrogen-bond donors (Lipinski definition) is 1. The number of fused-ring (bicyclic) bond motifs is 6. The molecule has 11 aromatic rings. The minimum Gasteiger partial charge on any atom is -0.337 e. The number of hydrogen-bond acceptors (Lipinski definition) is 10. The van der Waals surface area contributed by atoms with E-state index in [0.717, 1.165) is 66.3 Å².